The number of nitro benzene ring substituents is 1. The maximum Gasteiger partial charge on any atom is 0.270 e. The molecular weight excluding hydrogens is 318 g/mol. The molecule has 2 aliphatic rings. The summed E-state index contributed by atoms with van der Waals surface area (Å²) in [5, 5.41) is 14.4. The highest BCUT2D eigenvalue weighted by atomic mass is 32.2. The minimum absolute atomic E-state index is 0.0279. The number of nitro groups is 1. The smallest absolute Gasteiger partial charge is 0.270 e. The first kappa shape index (κ1) is 16.4. The van der Waals surface area contributed by atoms with Gasteiger partial charge in [0.05, 0.1) is 9.82 Å². The van der Waals surface area contributed by atoms with E-state index in [1.165, 1.54) is 16.4 Å². The minimum Gasteiger partial charge on any atom is -0.311 e. The molecule has 0 aromatic heterocycles. The van der Waals surface area contributed by atoms with Crippen molar-refractivity contribution in [3.63, 3.8) is 0 Å². The van der Waals surface area contributed by atoms with E-state index in [9.17, 15) is 18.5 Å². The van der Waals surface area contributed by atoms with Crippen molar-refractivity contribution in [1.29, 1.82) is 0 Å². The molecule has 2 fully saturated rings. The van der Waals surface area contributed by atoms with Crippen molar-refractivity contribution in [2.45, 2.75) is 55.6 Å². The van der Waals surface area contributed by atoms with Gasteiger partial charge in [0.25, 0.3) is 5.69 Å². The number of nitrogens with one attached hydrogen (secondary N) is 1. The van der Waals surface area contributed by atoms with Crippen molar-refractivity contribution < 1.29 is 13.3 Å². The molecule has 2 unspecified atom stereocenters. The van der Waals surface area contributed by atoms with Gasteiger partial charge in [0.2, 0.25) is 10.0 Å². The van der Waals surface area contributed by atoms with E-state index in [0.717, 1.165) is 31.7 Å². The van der Waals surface area contributed by atoms with E-state index in [4.69, 9.17) is 0 Å². The first-order valence-electron chi connectivity index (χ1n) is 7.78. The molecular formula is C15H21N3O4S. The van der Waals surface area contributed by atoms with Crippen LogP contribution in [0.25, 0.3) is 0 Å². The van der Waals surface area contributed by atoms with Crippen molar-refractivity contribution >= 4 is 15.7 Å². The largest absolute Gasteiger partial charge is 0.311 e. The predicted molar refractivity (Wildman–Crippen MR) is 85.7 cm³/mol. The van der Waals surface area contributed by atoms with E-state index in [0.29, 0.717) is 17.6 Å². The van der Waals surface area contributed by atoms with Crippen LogP contribution in [0.1, 0.15) is 31.2 Å². The minimum atomic E-state index is -3.74. The number of rotatable bonds is 4. The van der Waals surface area contributed by atoms with Crippen LogP contribution in [0, 0.1) is 17.0 Å². The molecule has 23 heavy (non-hydrogen) atoms. The second-order valence-corrected chi connectivity index (χ2v) is 8.46. The second-order valence-electron chi connectivity index (χ2n) is 6.49. The molecule has 0 aliphatic carbocycles. The van der Waals surface area contributed by atoms with Crippen LogP contribution in [-0.4, -0.2) is 42.8 Å². The highest BCUT2D eigenvalue weighted by Gasteiger charge is 2.39. The average molecular weight is 339 g/mol. The molecule has 2 saturated heterocycles. The monoisotopic (exact) mass is 339 g/mol. The zero-order valence-corrected chi connectivity index (χ0v) is 14.0. The first-order valence-corrected chi connectivity index (χ1v) is 9.22. The number of fused-ring (bicyclic) bond motifs is 2. The maximum absolute atomic E-state index is 12.9. The Morgan fingerprint density at radius 3 is 2.43 bits per heavy atom. The lowest BCUT2D eigenvalue weighted by Crippen LogP contribution is -2.48. The molecule has 0 saturated carbocycles. The van der Waals surface area contributed by atoms with Crippen LogP contribution in [0.5, 0.6) is 0 Å². The molecule has 0 radical (unpaired) electrons. The van der Waals surface area contributed by atoms with E-state index in [2.05, 4.69) is 5.32 Å². The van der Waals surface area contributed by atoms with Crippen molar-refractivity contribution in [2.75, 3.05) is 7.05 Å². The summed E-state index contributed by atoms with van der Waals surface area (Å²) in [4.78, 5) is 10.4. The normalized spacial score (nSPS) is 27.3. The van der Waals surface area contributed by atoms with Gasteiger partial charge >= 0.3 is 0 Å². The van der Waals surface area contributed by atoms with Gasteiger partial charge in [-0.2, -0.15) is 4.31 Å². The van der Waals surface area contributed by atoms with Crippen molar-refractivity contribution in [3.05, 3.63) is 33.9 Å². The molecule has 8 heteroatoms. The van der Waals surface area contributed by atoms with Crippen LogP contribution in [0.2, 0.25) is 0 Å². The Balaban J connectivity index is 1.91. The lowest BCUT2D eigenvalue weighted by molar-refractivity contribution is -0.385. The maximum atomic E-state index is 12.9. The van der Waals surface area contributed by atoms with Gasteiger partial charge in [0.15, 0.2) is 0 Å². The number of sulfonamides is 1. The number of aryl methyl sites for hydroxylation is 1. The van der Waals surface area contributed by atoms with Crippen LogP contribution < -0.4 is 5.32 Å². The van der Waals surface area contributed by atoms with Gasteiger partial charge in [0.1, 0.15) is 0 Å². The van der Waals surface area contributed by atoms with Crippen LogP contribution in [0.15, 0.2) is 23.1 Å². The summed E-state index contributed by atoms with van der Waals surface area (Å²) >= 11 is 0. The molecule has 1 aromatic rings. The van der Waals surface area contributed by atoms with E-state index >= 15 is 0 Å². The molecule has 1 aromatic carbocycles. The third-order valence-corrected chi connectivity index (χ3v) is 7.05. The predicted octanol–water partition coefficient (Wildman–Crippen LogP) is 1.81. The number of benzene rings is 1. The Hall–Kier alpha value is -1.51. The fourth-order valence-corrected chi connectivity index (χ4v) is 5.28. The zero-order valence-electron chi connectivity index (χ0n) is 13.2. The van der Waals surface area contributed by atoms with Gasteiger partial charge < -0.3 is 5.32 Å². The molecule has 0 amide bonds. The summed E-state index contributed by atoms with van der Waals surface area (Å²) in [5.74, 6) is 0. The molecule has 2 bridgehead atoms. The molecule has 2 heterocycles. The highest BCUT2D eigenvalue weighted by Crippen LogP contribution is 2.33. The molecule has 0 spiro atoms. The number of hydrogen-bond donors (Lipinski definition) is 1. The fourth-order valence-electron chi connectivity index (χ4n) is 3.66. The zero-order chi connectivity index (χ0) is 16.8. The van der Waals surface area contributed by atoms with Gasteiger partial charge in [0, 0.05) is 37.3 Å². The molecule has 1 N–H and O–H groups in total. The Morgan fingerprint density at radius 2 is 1.87 bits per heavy atom. The molecule has 2 atom stereocenters. The third-order valence-electron chi connectivity index (χ3n) is 5.00. The van der Waals surface area contributed by atoms with E-state index in [-0.39, 0.29) is 16.6 Å². The van der Waals surface area contributed by atoms with Gasteiger partial charge in [-0.25, -0.2) is 8.42 Å². The number of nitrogens with zero attached hydrogens (tertiary/aromatic N) is 2. The summed E-state index contributed by atoms with van der Waals surface area (Å²) in [6.45, 7) is 1.66. The summed E-state index contributed by atoms with van der Waals surface area (Å²) in [6.07, 6.45) is 3.76. The van der Waals surface area contributed by atoms with Crippen molar-refractivity contribution in [1.82, 2.24) is 9.62 Å². The van der Waals surface area contributed by atoms with E-state index in [1.807, 2.05) is 0 Å². The summed E-state index contributed by atoms with van der Waals surface area (Å²) in [7, 11) is -2.16. The van der Waals surface area contributed by atoms with Crippen LogP contribution >= 0.6 is 0 Å². The van der Waals surface area contributed by atoms with Crippen molar-refractivity contribution in [2.24, 2.45) is 0 Å². The lowest BCUT2D eigenvalue weighted by atomic mass is 10.0. The summed E-state index contributed by atoms with van der Waals surface area (Å²) < 4.78 is 27.3. The molecule has 3 rings (SSSR count). The first-order chi connectivity index (χ1) is 10.8. The third kappa shape index (κ3) is 2.98. The number of non-ortho nitro benzene ring substituents is 1. The van der Waals surface area contributed by atoms with Gasteiger partial charge in [-0.15, -0.1) is 0 Å². The van der Waals surface area contributed by atoms with Crippen molar-refractivity contribution in [3.8, 4) is 0 Å². The van der Waals surface area contributed by atoms with Crippen LogP contribution in [0.4, 0.5) is 5.69 Å². The fraction of sp³-hybridized carbons (Fsp3) is 0.600. The second kappa shape index (κ2) is 5.85. The Bertz CT molecular complexity index is 722. The standard InChI is InChI=1S/C15H21N3O4S/c1-10-3-6-13(18(19)20)9-15(10)23(21,22)17(2)14-7-11-4-5-12(8-14)16-11/h3,6,9,11-12,14,16H,4-5,7-8H2,1-2H3. The molecule has 7 nitrogen and oxygen atoms in total. The highest BCUT2D eigenvalue weighted by molar-refractivity contribution is 7.89. The Morgan fingerprint density at radius 1 is 1.26 bits per heavy atom. The molecule has 2 aliphatic heterocycles. The number of piperidine rings is 1. The Labute approximate surface area is 135 Å². The van der Waals surface area contributed by atoms with E-state index < -0.39 is 14.9 Å². The SMILES string of the molecule is Cc1ccc([N+](=O)[O-])cc1S(=O)(=O)N(C)C1CC2CCC(C1)N2. The average Bonchev–Trinajstić information content (AvgIpc) is 2.84. The van der Waals surface area contributed by atoms with E-state index in [1.54, 1.807) is 14.0 Å². The van der Waals surface area contributed by atoms with Gasteiger partial charge in [-0.05, 0) is 38.2 Å². The Kier molecular flexibility index (Phi) is 4.16. The van der Waals surface area contributed by atoms with Crippen LogP contribution in [0.3, 0.4) is 0 Å². The number of hydrogen-bond acceptors (Lipinski definition) is 5. The summed E-state index contributed by atoms with van der Waals surface area (Å²) in [6, 6.07) is 4.68. The van der Waals surface area contributed by atoms with Crippen LogP contribution in [-0.2, 0) is 10.0 Å². The lowest BCUT2D eigenvalue weighted by Gasteiger charge is -2.35. The van der Waals surface area contributed by atoms with Gasteiger partial charge in [-0.1, -0.05) is 6.07 Å². The van der Waals surface area contributed by atoms with Gasteiger partial charge in [-0.3, -0.25) is 10.1 Å². The topological polar surface area (TPSA) is 92.5 Å². The molecule has 126 valence electrons. The summed E-state index contributed by atoms with van der Waals surface area (Å²) in [5.41, 5.74) is 0.326. The quantitative estimate of drug-likeness (QED) is 0.667.